The Balaban J connectivity index is 1.89. The number of carbonyl (C=O) groups excluding carboxylic acids is 2. The number of benzene rings is 3. The summed E-state index contributed by atoms with van der Waals surface area (Å²) in [6.07, 6.45) is -0.444. The van der Waals surface area contributed by atoms with Crippen molar-refractivity contribution in [1.29, 1.82) is 0 Å². The van der Waals surface area contributed by atoms with Gasteiger partial charge in [-0.25, -0.2) is 14.2 Å². The van der Waals surface area contributed by atoms with Gasteiger partial charge in [-0.05, 0) is 57.0 Å². The summed E-state index contributed by atoms with van der Waals surface area (Å²) < 4.78 is 12.3. The van der Waals surface area contributed by atoms with E-state index >= 15 is 0 Å². The molecule has 2 N–H and O–H groups in total. The topological polar surface area (TPSA) is 81.6 Å². The van der Waals surface area contributed by atoms with Gasteiger partial charge < -0.3 is 14.9 Å². The minimum atomic E-state index is -0.444. The summed E-state index contributed by atoms with van der Waals surface area (Å²) in [4.78, 5) is 25.9. The van der Waals surface area contributed by atoms with Crippen LogP contribution in [-0.4, -0.2) is 29.8 Å². The predicted octanol–water partition coefficient (Wildman–Crippen LogP) is 6.01. The lowest BCUT2D eigenvalue weighted by molar-refractivity contribution is 0.0527. The van der Waals surface area contributed by atoms with E-state index in [1.54, 1.807) is 24.5 Å². The van der Waals surface area contributed by atoms with Gasteiger partial charge in [-0.3, -0.25) is 5.43 Å². The number of nitrogens with one attached hydrogen (secondary N) is 2. The van der Waals surface area contributed by atoms with Crippen molar-refractivity contribution >= 4 is 45.2 Å². The van der Waals surface area contributed by atoms with Gasteiger partial charge in [-0.2, -0.15) is 0 Å². The van der Waals surface area contributed by atoms with Crippen molar-refractivity contribution in [2.75, 3.05) is 24.1 Å². The molecule has 0 radical (unpaired) electrons. The highest BCUT2D eigenvalue weighted by Crippen LogP contribution is 2.46. The first-order chi connectivity index (χ1) is 16.0. The summed E-state index contributed by atoms with van der Waals surface area (Å²) in [7, 11) is 0. The lowest BCUT2D eigenvalue weighted by Crippen LogP contribution is -2.20. The number of aromatic nitrogens is 1. The Labute approximate surface area is 191 Å². The Morgan fingerprint density at radius 3 is 2.48 bits per heavy atom. The van der Waals surface area contributed by atoms with E-state index in [0.29, 0.717) is 16.8 Å². The molecule has 0 aliphatic carbocycles. The molecule has 0 atom stereocenters. The van der Waals surface area contributed by atoms with Crippen LogP contribution in [0.15, 0.2) is 42.5 Å². The quantitative estimate of drug-likeness (QED) is 0.377. The molecule has 0 unspecified atom stereocenters. The number of hydrogen-bond donors (Lipinski definition) is 2. The van der Waals surface area contributed by atoms with Gasteiger partial charge in [0.05, 0.1) is 41.2 Å². The van der Waals surface area contributed by atoms with Gasteiger partial charge in [0, 0.05) is 21.9 Å². The normalized spacial score (nSPS) is 12.0. The van der Waals surface area contributed by atoms with E-state index in [1.165, 1.54) is 0 Å². The number of rotatable bonds is 3. The Bertz CT molecular complexity index is 1450. The van der Waals surface area contributed by atoms with Gasteiger partial charge >= 0.3 is 12.1 Å². The third kappa shape index (κ3) is 3.03. The van der Waals surface area contributed by atoms with Gasteiger partial charge in [0.2, 0.25) is 0 Å². The lowest BCUT2D eigenvalue weighted by atomic mass is 9.93. The van der Waals surface area contributed by atoms with Crippen molar-refractivity contribution in [2.24, 2.45) is 0 Å². The van der Waals surface area contributed by atoms with Crippen LogP contribution in [0.25, 0.3) is 32.9 Å². The van der Waals surface area contributed by atoms with Crippen LogP contribution in [0, 0.1) is 13.8 Å². The smallest absolute Gasteiger partial charge is 0.419 e. The van der Waals surface area contributed by atoms with Gasteiger partial charge in [-0.15, -0.1) is 0 Å². The van der Waals surface area contributed by atoms with Gasteiger partial charge in [0.15, 0.2) is 0 Å². The summed E-state index contributed by atoms with van der Waals surface area (Å²) in [5.41, 5.74) is 13.7. The summed E-state index contributed by atoms with van der Waals surface area (Å²) >= 11 is 0. The van der Waals surface area contributed by atoms with Crippen molar-refractivity contribution in [3.8, 4) is 11.1 Å². The van der Waals surface area contributed by atoms with Crippen molar-refractivity contribution < 1.29 is 19.1 Å². The molecule has 0 spiro atoms. The van der Waals surface area contributed by atoms with Crippen LogP contribution in [-0.2, 0) is 9.47 Å². The van der Waals surface area contributed by atoms with E-state index in [0.717, 1.165) is 44.2 Å². The van der Waals surface area contributed by atoms with E-state index in [9.17, 15) is 9.59 Å². The molecule has 7 heteroatoms. The summed E-state index contributed by atoms with van der Waals surface area (Å²) in [5, 5.41) is 1.94. The molecule has 1 aromatic heterocycles. The zero-order valence-electron chi connectivity index (χ0n) is 19.0. The second kappa shape index (κ2) is 7.85. The highest BCUT2D eigenvalue weighted by molar-refractivity contribution is 6.21. The molecule has 7 nitrogen and oxygen atoms in total. The number of hydrogen-bond acceptors (Lipinski definition) is 6. The molecule has 1 aliphatic heterocycles. The maximum atomic E-state index is 13.1. The summed E-state index contributed by atoms with van der Waals surface area (Å²) in [6, 6.07) is 13.4. The van der Waals surface area contributed by atoms with Crippen LogP contribution in [0.1, 0.15) is 35.3 Å². The third-order valence-corrected chi connectivity index (χ3v) is 6.23. The second-order valence-electron chi connectivity index (χ2n) is 8.02. The molecule has 5 rings (SSSR count). The van der Waals surface area contributed by atoms with E-state index in [4.69, 9.17) is 9.47 Å². The van der Waals surface area contributed by atoms with Crippen LogP contribution in [0.2, 0.25) is 0 Å². The molecule has 0 saturated carbocycles. The van der Waals surface area contributed by atoms with Gasteiger partial charge in [0.25, 0.3) is 0 Å². The molecule has 4 aromatic rings. The Kier molecular flexibility index (Phi) is 4.96. The number of anilines is 2. The molecule has 168 valence electrons. The molecule has 0 saturated heterocycles. The van der Waals surface area contributed by atoms with Crippen LogP contribution < -0.4 is 10.9 Å². The number of esters is 1. The zero-order valence-corrected chi connectivity index (χ0v) is 19.0. The number of fused-ring (bicyclic) bond motifs is 7. The minimum Gasteiger partial charge on any atom is -0.462 e. The number of ether oxygens (including phenoxy) is 2. The van der Waals surface area contributed by atoms with E-state index in [2.05, 4.69) is 24.7 Å². The lowest BCUT2D eigenvalue weighted by Gasteiger charge is -2.26. The first kappa shape index (κ1) is 20.9. The minimum absolute atomic E-state index is 0.265. The first-order valence-electron chi connectivity index (χ1n) is 11.0. The van der Waals surface area contributed by atoms with E-state index < -0.39 is 6.09 Å². The van der Waals surface area contributed by atoms with E-state index in [1.807, 2.05) is 36.4 Å². The van der Waals surface area contributed by atoms with Crippen LogP contribution in [0.4, 0.5) is 16.2 Å². The summed E-state index contributed by atoms with van der Waals surface area (Å²) in [6.45, 7) is 8.25. The molecule has 1 aliphatic rings. The predicted molar refractivity (Wildman–Crippen MR) is 130 cm³/mol. The Hall–Kier alpha value is -4.00. The fourth-order valence-electron chi connectivity index (χ4n) is 4.64. The average molecular weight is 444 g/mol. The number of carbonyl (C=O) groups is 2. The Morgan fingerprint density at radius 1 is 0.939 bits per heavy atom. The van der Waals surface area contributed by atoms with Crippen LogP contribution in [0.3, 0.4) is 0 Å². The number of hydrazine groups is 1. The molecule has 33 heavy (non-hydrogen) atoms. The first-order valence-corrected chi connectivity index (χ1v) is 11.0. The SMILES string of the molecule is CCOC(=O)c1cccc2c1-c1ccc3c4c(C)c(C)ccc4n(C(=O)OCC)c3c1NN2. The fourth-order valence-corrected chi connectivity index (χ4v) is 4.64. The maximum Gasteiger partial charge on any atom is 0.419 e. The van der Waals surface area contributed by atoms with Crippen molar-refractivity contribution in [3.05, 3.63) is 59.2 Å². The van der Waals surface area contributed by atoms with Crippen molar-refractivity contribution in [2.45, 2.75) is 27.7 Å². The van der Waals surface area contributed by atoms with Crippen LogP contribution >= 0.6 is 0 Å². The summed E-state index contributed by atoms with van der Waals surface area (Å²) in [5.74, 6) is -0.387. The Morgan fingerprint density at radius 2 is 1.73 bits per heavy atom. The largest absolute Gasteiger partial charge is 0.462 e. The van der Waals surface area contributed by atoms with Crippen molar-refractivity contribution in [3.63, 3.8) is 0 Å². The highest BCUT2D eigenvalue weighted by atomic mass is 16.5. The highest BCUT2D eigenvalue weighted by Gasteiger charge is 2.28. The molecular weight excluding hydrogens is 418 g/mol. The average Bonchev–Trinajstić information content (AvgIpc) is 3.16. The van der Waals surface area contributed by atoms with Gasteiger partial charge in [-0.1, -0.05) is 24.3 Å². The fraction of sp³-hybridized carbons (Fsp3) is 0.231. The van der Waals surface area contributed by atoms with Gasteiger partial charge in [0.1, 0.15) is 0 Å². The standard InChI is InChI=1S/C26H25N3O4/c1-5-32-25(30)18-8-7-9-19-22(18)16-11-12-17-21-15(4)14(3)10-13-20(21)29(26(31)33-6-2)24(17)23(16)28-27-19/h7-13,27-28H,5-6H2,1-4H3. The molecule has 0 bridgehead atoms. The maximum absolute atomic E-state index is 13.1. The number of aryl methyl sites for hydroxylation is 2. The molecule has 3 aromatic carbocycles. The van der Waals surface area contributed by atoms with Crippen LogP contribution in [0.5, 0.6) is 0 Å². The monoisotopic (exact) mass is 443 g/mol. The zero-order chi connectivity index (χ0) is 23.3. The van der Waals surface area contributed by atoms with E-state index in [-0.39, 0.29) is 19.2 Å². The third-order valence-electron chi connectivity index (χ3n) is 6.23. The molecular formula is C26H25N3O4. The molecule has 0 fully saturated rings. The number of nitrogens with zero attached hydrogens (tertiary/aromatic N) is 1. The second-order valence-corrected chi connectivity index (χ2v) is 8.02. The molecule has 0 amide bonds. The van der Waals surface area contributed by atoms with Crippen molar-refractivity contribution in [1.82, 2.24) is 4.57 Å². The molecule has 2 heterocycles.